The van der Waals surface area contributed by atoms with Gasteiger partial charge in [0, 0.05) is 25.5 Å². The SMILES string of the molecule is Cc1cc[n+](CCCCCc2ccc(-c3ccccc3)cc2)c(C)c1.[Br-]. The second-order valence-corrected chi connectivity index (χ2v) is 6.91. The fourth-order valence-electron chi connectivity index (χ4n) is 3.32. The maximum atomic E-state index is 2.36. The molecule has 1 aromatic heterocycles. The van der Waals surface area contributed by atoms with Crippen molar-refractivity contribution in [3.8, 4) is 11.1 Å². The molecule has 0 atom stereocenters. The van der Waals surface area contributed by atoms with Crippen molar-refractivity contribution in [1.82, 2.24) is 0 Å². The molecule has 0 aliphatic carbocycles. The molecule has 0 aliphatic heterocycles. The van der Waals surface area contributed by atoms with E-state index in [-0.39, 0.29) is 17.0 Å². The first-order valence-corrected chi connectivity index (χ1v) is 9.33. The molecule has 0 saturated heterocycles. The number of rotatable bonds is 7. The molecular formula is C24H28BrN. The molecule has 0 unspecified atom stereocenters. The van der Waals surface area contributed by atoms with Crippen molar-refractivity contribution in [3.05, 3.63) is 89.7 Å². The molecular weight excluding hydrogens is 382 g/mol. The average Bonchev–Trinajstić information content (AvgIpc) is 2.64. The van der Waals surface area contributed by atoms with Gasteiger partial charge in [-0.1, -0.05) is 54.6 Å². The maximum Gasteiger partial charge on any atom is 0.178 e. The van der Waals surface area contributed by atoms with Gasteiger partial charge in [-0.3, -0.25) is 0 Å². The Labute approximate surface area is 168 Å². The van der Waals surface area contributed by atoms with Crippen molar-refractivity contribution in [2.45, 2.75) is 46.1 Å². The topological polar surface area (TPSA) is 3.88 Å². The van der Waals surface area contributed by atoms with E-state index in [2.05, 4.69) is 91.3 Å². The summed E-state index contributed by atoms with van der Waals surface area (Å²) in [6.45, 7) is 5.47. The maximum absolute atomic E-state index is 2.36. The van der Waals surface area contributed by atoms with Crippen LogP contribution in [0.5, 0.6) is 0 Å². The van der Waals surface area contributed by atoms with Crippen LogP contribution in [-0.2, 0) is 13.0 Å². The first kappa shape index (κ1) is 20.4. The molecule has 1 heterocycles. The summed E-state index contributed by atoms with van der Waals surface area (Å²) in [5.41, 5.74) is 6.73. The minimum atomic E-state index is 0. The summed E-state index contributed by atoms with van der Waals surface area (Å²) in [5.74, 6) is 0. The van der Waals surface area contributed by atoms with Crippen LogP contribution in [0.15, 0.2) is 72.9 Å². The van der Waals surface area contributed by atoms with Gasteiger partial charge >= 0.3 is 0 Å². The number of hydrogen-bond acceptors (Lipinski definition) is 0. The quantitative estimate of drug-likeness (QED) is 0.417. The molecule has 3 aromatic rings. The zero-order valence-electron chi connectivity index (χ0n) is 15.8. The standard InChI is InChI=1S/C24H28N.BrH/c1-20-16-18-25(21(2)19-20)17-8-4-5-9-22-12-14-24(15-13-22)23-10-6-3-7-11-23;/h3,6-7,10-16,18-19H,4-5,8-9,17H2,1-2H3;1H/q+1;/p-1. The smallest absolute Gasteiger partial charge is 0.178 e. The Balaban J connectivity index is 0.00000243. The van der Waals surface area contributed by atoms with Gasteiger partial charge in [0.1, 0.15) is 6.54 Å². The van der Waals surface area contributed by atoms with E-state index in [0.29, 0.717) is 0 Å². The van der Waals surface area contributed by atoms with E-state index in [9.17, 15) is 0 Å². The monoisotopic (exact) mass is 409 g/mol. The van der Waals surface area contributed by atoms with Gasteiger partial charge in [0.25, 0.3) is 0 Å². The normalized spacial score (nSPS) is 10.4. The summed E-state index contributed by atoms with van der Waals surface area (Å²) in [5, 5.41) is 0. The molecule has 0 bridgehead atoms. The van der Waals surface area contributed by atoms with Crippen LogP contribution in [0.1, 0.15) is 36.1 Å². The average molecular weight is 410 g/mol. The molecule has 136 valence electrons. The van der Waals surface area contributed by atoms with Gasteiger partial charge in [0.2, 0.25) is 0 Å². The van der Waals surface area contributed by atoms with Crippen LogP contribution in [-0.4, -0.2) is 0 Å². The third kappa shape index (κ3) is 5.81. The van der Waals surface area contributed by atoms with Crippen LogP contribution < -0.4 is 21.5 Å². The highest BCUT2D eigenvalue weighted by molar-refractivity contribution is 5.63. The van der Waals surface area contributed by atoms with Crippen LogP contribution in [0, 0.1) is 13.8 Å². The highest BCUT2D eigenvalue weighted by Gasteiger charge is 2.05. The Kier molecular flexibility index (Phi) is 8.06. The number of aryl methyl sites for hydroxylation is 4. The molecule has 3 rings (SSSR count). The summed E-state index contributed by atoms with van der Waals surface area (Å²) < 4.78 is 2.36. The molecule has 0 radical (unpaired) electrons. The number of halogens is 1. The zero-order valence-corrected chi connectivity index (χ0v) is 17.4. The lowest BCUT2D eigenvalue weighted by atomic mass is 10.0. The van der Waals surface area contributed by atoms with Crippen LogP contribution in [0.3, 0.4) is 0 Å². The predicted octanol–water partition coefficient (Wildman–Crippen LogP) is 2.67. The molecule has 2 aromatic carbocycles. The Morgan fingerprint density at radius 3 is 2.12 bits per heavy atom. The van der Waals surface area contributed by atoms with Crippen molar-refractivity contribution >= 4 is 0 Å². The highest BCUT2D eigenvalue weighted by Crippen LogP contribution is 2.20. The lowest BCUT2D eigenvalue weighted by Crippen LogP contribution is -3.00. The van der Waals surface area contributed by atoms with Gasteiger partial charge in [0.05, 0.1) is 0 Å². The van der Waals surface area contributed by atoms with Crippen molar-refractivity contribution in [2.75, 3.05) is 0 Å². The predicted molar refractivity (Wildman–Crippen MR) is 106 cm³/mol. The van der Waals surface area contributed by atoms with E-state index < -0.39 is 0 Å². The van der Waals surface area contributed by atoms with Crippen LogP contribution >= 0.6 is 0 Å². The van der Waals surface area contributed by atoms with E-state index in [1.54, 1.807) is 0 Å². The molecule has 0 aliphatic rings. The highest BCUT2D eigenvalue weighted by atomic mass is 79.9. The first-order chi connectivity index (χ1) is 12.2. The first-order valence-electron chi connectivity index (χ1n) is 9.33. The van der Waals surface area contributed by atoms with Gasteiger partial charge in [-0.25, -0.2) is 4.57 Å². The summed E-state index contributed by atoms with van der Waals surface area (Å²) in [6.07, 6.45) is 7.17. The molecule has 0 amide bonds. The van der Waals surface area contributed by atoms with Crippen molar-refractivity contribution in [3.63, 3.8) is 0 Å². The van der Waals surface area contributed by atoms with E-state index in [1.165, 1.54) is 53.6 Å². The third-order valence-corrected chi connectivity index (χ3v) is 4.83. The summed E-state index contributed by atoms with van der Waals surface area (Å²) in [7, 11) is 0. The van der Waals surface area contributed by atoms with Crippen molar-refractivity contribution in [2.24, 2.45) is 0 Å². The van der Waals surface area contributed by atoms with E-state index in [1.807, 2.05) is 0 Å². The third-order valence-electron chi connectivity index (χ3n) is 4.83. The minimum absolute atomic E-state index is 0. The summed E-state index contributed by atoms with van der Waals surface area (Å²) in [4.78, 5) is 0. The largest absolute Gasteiger partial charge is 1.00 e. The van der Waals surface area contributed by atoms with Gasteiger partial charge in [-0.2, -0.15) is 0 Å². The van der Waals surface area contributed by atoms with Gasteiger partial charge in [-0.15, -0.1) is 0 Å². The lowest BCUT2D eigenvalue weighted by Gasteiger charge is -2.05. The number of aromatic nitrogens is 1. The number of pyridine rings is 1. The van der Waals surface area contributed by atoms with Crippen LogP contribution in [0.4, 0.5) is 0 Å². The van der Waals surface area contributed by atoms with Crippen LogP contribution in [0.2, 0.25) is 0 Å². The number of hydrogen-bond donors (Lipinski definition) is 0. The number of benzene rings is 2. The van der Waals surface area contributed by atoms with Crippen LogP contribution in [0.25, 0.3) is 11.1 Å². The fraction of sp³-hybridized carbons (Fsp3) is 0.292. The van der Waals surface area contributed by atoms with Gasteiger partial charge in [0.15, 0.2) is 11.9 Å². The molecule has 26 heavy (non-hydrogen) atoms. The minimum Gasteiger partial charge on any atom is -1.00 e. The van der Waals surface area contributed by atoms with Crippen molar-refractivity contribution in [1.29, 1.82) is 0 Å². The van der Waals surface area contributed by atoms with Gasteiger partial charge < -0.3 is 17.0 Å². The second-order valence-electron chi connectivity index (χ2n) is 6.91. The van der Waals surface area contributed by atoms with Gasteiger partial charge in [-0.05, 0) is 48.4 Å². The fourth-order valence-corrected chi connectivity index (χ4v) is 3.32. The van der Waals surface area contributed by atoms with E-state index in [0.717, 1.165) is 6.54 Å². The molecule has 0 spiro atoms. The number of unbranched alkanes of at least 4 members (excludes halogenated alkanes) is 2. The molecule has 2 heteroatoms. The summed E-state index contributed by atoms with van der Waals surface area (Å²) in [6, 6.07) is 24.1. The Bertz CT molecular complexity index is 794. The molecule has 1 nitrogen and oxygen atoms in total. The Morgan fingerprint density at radius 2 is 1.42 bits per heavy atom. The second kappa shape index (κ2) is 10.3. The molecule has 0 fully saturated rings. The Morgan fingerprint density at radius 1 is 0.731 bits per heavy atom. The lowest BCUT2D eigenvalue weighted by molar-refractivity contribution is -0.703. The summed E-state index contributed by atoms with van der Waals surface area (Å²) >= 11 is 0. The molecule has 0 saturated carbocycles. The zero-order chi connectivity index (χ0) is 17.5. The molecule has 0 N–H and O–H groups in total. The van der Waals surface area contributed by atoms with E-state index in [4.69, 9.17) is 0 Å². The van der Waals surface area contributed by atoms with E-state index >= 15 is 0 Å². The Hall–Kier alpha value is -1.93. The number of nitrogens with zero attached hydrogens (tertiary/aromatic N) is 1. The van der Waals surface area contributed by atoms with Crippen molar-refractivity contribution < 1.29 is 21.5 Å².